The molecule has 0 atom stereocenters. The van der Waals surface area contributed by atoms with Crippen LogP contribution in [-0.4, -0.2) is 16.4 Å². The van der Waals surface area contributed by atoms with E-state index in [2.05, 4.69) is 5.32 Å². The number of nitrogens with one attached hydrogen (secondary N) is 1. The third-order valence-corrected chi connectivity index (χ3v) is 5.89. The number of fused-ring (bicyclic) bond motifs is 1. The van der Waals surface area contributed by atoms with Gasteiger partial charge in [-0.2, -0.15) is 0 Å². The summed E-state index contributed by atoms with van der Waals surface area (Å²) >= 11 is 12.2. The number of aromatic nitrogens is 1. The zero-order chi connectivity index (χ0) is 19.8. The first-order chi connectivity index (χ1) is 13.4. The molecule has 1 amide bonds. The van der Waals surface area contributed by atoms with Crippen molar-refractivity contribution in [3.63, 3.8) is 0 Å². The average Bonchev–Trinajstić information content (AvgIpc) is 3.28. The van der Waals surface area contributed by atoms with E-state index in [0.29, 0.717) is 15.6 Å². The summed E-state index contributed by atoms with van der Waals surface area (Å²) in [5.74, 6) is -0.0235. The number of amides is 1. The lowest BCUT2D eigenvalue weighted by molar-refractivity contribution is -0.119. The smallest absolute Gasteiger partial charge is 0.264 e. The molecule has 3 aromatic rings. The molecule has 1 N–H and O–H groups in total. The van der Waals surface area contributed by atoms with Gasteiger partial charge in [-0.05, 0) is 62.2 Å². The van der Waals surface area contributed by atoms with Crippen molar-refractivity contribution in [1.82, 2.24) is 4.57 Å². The second-order valence-electron chi connectivity index (χ2n) is 7.29. The molecule has 28 heavy (non-hydrogen) atoms. The summed E-state index contributed by atoms with van der Waals surface area (Å²) in [6, 6.07) is 12.4. The SMILES string of the molecule is Cc1cc2cc(NC(=O)C3CCCC3)ccc2n1C(=O)c1ccc(Cl)cc1Cl. The monoisotopic (exact) mass is 414 g/mol. The number of halogens is 2. The van der Waals surface area contributed by atoms with E-state index in [4.69, 9.17) is 23.2 Å². The van der Waals surface area contributed by atoms with E-state index in [9.17, 15) is 9.59 Å². The molecule has 4 nitrogen and oxygen atoms in total. The van der Waals surface area contributed by atoms with Gasteiger partial charge in [-0.25, -0.2) is 0 Å². The van der Waals surface area contributed by atoms with E-state index in [0.717, 1.165) is 48.0 Å². The molecule has 0 saturated heterocycles. The molecule has 6 heteroatoms. The lowest BCUT2D eigenvalue weighted by Gasteiger charge is -2.11. The summed E-state index contributed by atoms with van der Waals surface area (Å²) in [7, 11) is 0. The molecule has 1 aromatic heterocycles. The third-order valence-electron chi connectivity index (χ3n) is 5.34. The molecular formula is C22H20Cl2N2O2. The first-order valence-corrected chi connectivity index (χ1v) is 10.1. The van der Waals surface area contributed by atoms with Crippen LogP contribution in [0.4, 0.5) is 5.69 Å². The van der Waals surface area contributed by atoms with Gasteiger partial charge in [0.25, 0.3) is 5.91 Å². The first-order valence-electron chi connectivity index (χ1n) is 9.37. The van der Waals surface area contributed by atoms with Gasteiger partial charge in [-0.3, -0.25) is 14.2 Å². The molecule has 0 spiro atoms. The van der Waals surface area contributed by atoms with Gasteiger partial charge >= 0.3 is 0 Å². The number of benzene rings is 2. The Morgan fingerprint density at radius 1 is 1.04 bits per heavy atom. The minimum atomic E-state index is -0.211. The minimum absolute atomic E-state index is 0.0806. The van der Waals surface area contributed by atoms with Crippen molar-refractivity contribution in [1.29, 1.82) is 0 Å². The van der Waals surface area contributed by atoms with Gasteiger partial charge in [0.2, 0.25) is 5.91 Å². The van der Waals surface area contributed by atoms with Crippen LogP contribution in [0.1, 0.15) is 41.7 Å². The zero-order valence-corrected chi connectivity index (χ0v) is 17.0. The van der Waals surface area contributed by atoms with E-state index in [1.165, 1.54) is 0 Å². The Bertz CT molecular complexity index is 1080. The molecule has 1 heterocycles. The Morgan fingerprint density at radius 2 is 1.79 bits per heavy atom. The van der Waals surface area contributed by atoms with Gasteiger partial charge in [-0.15, -0.1) is 0 Å². The predicted molar refractivity (Wildman–Crippen MR) is 113 cm³/mol. The number of carbonyl (C=O) groups is 2. The second-order valence-corrected chi connectivity index (χ2v) is 8.14. The first kappa shape index (κ1) is 19.0. The molecule has 0 aliphatic heterocycles. The van der Waals surface area contributed by atoms with Gasteiger partial charge in [-0.1, -0.05) is 36.0 Å². The van der Waals surface area contributed by atoms with Crippen molar-refractivity contribution in [3.05, 3.63) is 63.8 Å². The molecule has 1 aliphatic carbocycles. The van der Waals surface area contributed by atoms with Crippen LogP contribution in [0.2, 0.25) is 10.0 Å². The summed E-state index contributed by atoms with van der Waals surface area (Å²) in [6.45, 7) is 1.87. The highest BCUT2D eigenvalue weighted by atomic mass is 35.5. The molecule has 1 saturated carbocycles. The van der Waals surface area contributed by atoms with Crippen LogP contribution in [0.5, 0.6) is 0 Å². The molecule has 1 aliphatic rings. The molecule has 2 aromatic carbocycles. The number of nitrogens with zero attached hydrogens (tertiary/aromatic N) is 1. The van der Waals surface area contributed by atoms with Crippen LogP contribution < -0.4 is 5.32 Å². The number of hydrogen-bond acceptors (Lipinski definition) is 2. The minimum Gasteiger partial charge on any atom is -0.326 e. The number of carbonyl (C=O) groups excluding carboxylic acids is 2. The largest absolute Gasteiger partial charge is 0.326 e. The Labute approximate surface area is 173 Å². The Morgan fingerprint density at radius 3 is 2.50 bits per heavy atom. The zero-order valence-electron chi connectivity index (χ0n) is 15.5. The Balaban J connectivity index is 1.66. The predicted octanol–water partition coefficient (Wildman–Crippen LogP) is 6.07. The summed E-state index contributed by atoms with van der Waals surface area (Å²) in [5.41, 5.74) is 2.71. The molecule has 0 bridgehead atoms. The maximum Gasteiger partial charge on any atom is 0.264 e. The van der Waals surface area contributed by atoms with Crippen LogP contribution in [0.15, 0.2) is 42.5 Å². The van der Waals surface area contributed by atoms with E-state index in [-0.39, 0.29) is 17.7 Å². The van der Waals surface area contributed by atoms with E-state index < -0.39 is 0 Å². The van der Waals surface area contributed by atoms with E-state index >= 15 is 0 Å². The van der Waals surface area contributed by atoms with Gasteiger partial charge in [0.1, 0.15) is 0 Å². The Kier molecular flexibility index (Phi) is 5.17. The van der Waals surface area contributed by atoms with Crippen molar-refractivity contribution in [3.8, 4) is 0 Å². The Hall–Kier alpha value is -2.30. The molecular weight excluding hydrogens is 395 g/mol. The maximum absolute atomic E-state index is 13.1. The van der Waals surface area contributed by atoms with Gasteiger partial charge in [0.05, 0.1) is 16.1 Å². The molecule has 4 rings (SSSR count). The summed E-state index contributed by atoms with van der Waals surface area (Å²) in [6.07, 6.45) is 4.16. The van der Waals surface area contributed by atoms with Gasteiger partial charge < -0.3 is 5.32 Å². The lowest BCUT2D eigenvalue weighted by Crippen LogP contribution is -2.20. The maximum atomic E-state index is 13.1. The van der Waals surface area contributed by atoms with E-state index in [1.807, 2.05) is 31.2 Å². The van der Waals surface area contributed by atoms with Crippen molar-refractivity contribution in [2.24, 2.45) is 5.92 Å². The number of anilines is 1. The van der Waals surface area contributed by atoms with Crippen molar-refractivity contribution < 1.29 is 9.59 Å². The molecule has 0 unspecified atom stereocenters. The number of rotatable bonds is 3. The van der Waals surface area contributed by atoms with Crippen LogP contribution in [0.3, 0.4) is 0 Å². The number of hydrogen-bond donors (Lipinski definition) is 1. The average molecular weight is 415 g/mol. The normalized spacial score (nSPS) is 14.5. The fraction of sp³-hybridized carbons (Fsp3) is 0.273. The highest BCUT2D eigenvalue weighted by Gasteiger charge is 2.23. The summed E-state index contributed by atoms with van der Waals surface area (Å²) < 4.78 is 1.63. The highest BCUT2D eigenvalue weighted by molar-refractivity contribution is 6.37. The lowest BCUT2D eigenvalue weighted by atomic mass is 10.1. The summed E-state index contributed by atoms with van der Waals surface area (Å²) in [5, 5.41) is 4.70. The van der Waals surface area contributed by atoms with Crippen LogP contribution >= 0.6 is 23.2 Å². The topological polar surface area (TPSA) is 51.1 Å². The van der Waals surface area contributed by atoms with E-state index in [1.54, 1.807) is 22.8 Å². The quantitative estimate of drug-likeness (QED) is 0.564. The second kappa shape index (κ2) is 7.61. The third kappa shape index (κ3) is 3.54. The van der Waals surface area contributed by atoms with Gasteiger partial charge in [0.15, 0.2) is 0 Å². The van der Waals surface area contributed by atoms with Crippen molar-refractivity contribution in [2.45, 2.75) is 32.6 Å². The fourth-order valence-electron chi connectivity index (χ4n) is 3.92. The highest BCUT2D eigenvalue weighted by Crippen LogP contribution is 2.29. The standard InChI is InChI=1S/C22H20Cl2N2O2/c1-13-10-15-11-17(25-21(27)14-4-2-3-5-14)7-9-20(15)26(13)22(28)18-8-6-16(23)12-19(18)24/h6-12,14H,2-5H2,1H3,(H,25,27). The summed E-state index contributed by atoms with van der Waals surface area (Å²) in [4.78, 5) is 25.5. The van der Waals surface area contributed by atoms with Crippen LogP contribution in [-0.2, 0) is 4.79 Å². The molecule has 1 fully saturated rings. The number of aryl methyl sites for hydroxylation is 1. The fourth-order valence-corrected chi connectivity index (χ4v) is 4.41. The van der Waals surface area contributed by atoms with Crippen LogP contribution in [0.25, 0.3) is 10.9 Å². The van der Waals surface area contributed by atoms with Crippen molar-refractivity contribution >= 4 is 51.6 Å². The molecule has 144 valence electrons. The van der Waals surface area contributed by atoms with Crippen molar-refractivity contribution in [2.75, 3.05) is 5.32 Å². The van der Waals surface area contributed by atoms with Crippen LogP contribution in [0, 0.1) is 12.8 Å². The molecule has 0 radical (unpaired) electrons. The van der Waals surface area contributed by atoms with Gasteiger partial charge in [0, 0.05) is 27.7 Å².